The number of halogens is 1. The van der Waals surface area contributed by atoms with Crippen LogP contribution in [0.3, 0.4) is 0 Å². The lowest BCUT2D eigenvalue weighted by molar-refractivity contribution is -0.127. The van der Waals surface area contributed by atoms with Crippen molar-refractivity contribution < 1.29 is 9.18 Å². The minimum atomic E-state index is -0.187. The Morgan fingerprint density at radius 3 is 2.52 bits per heavy atom. The van der Waals surface area contributed by atoms with Crippen molar-refractivity contribution in [3.63, 3.8) is 0 Å². The van der Waals surface area contributed by atoms with Gasteiger partial charge in [-0.25, -0.2) is 4.39 Å². The lowest BCUT2D eigenvalue weighted by Gasteiger charge is -2.35. The summed E-state index contributed by atoms with van der Waals surface area (Å²) in [6.45, 7) is 7.61. The molecule has 0 unspecified atom stereocenters. The molecule has 1 aliphatic rings. The molecule has 0 aromatic heterocycles. The highest BCUT2D eigenvalue weighted by molar-refractivity contribution is 5.79. The highest BCUT2D eigenvalue weighted by Crippen LogP contribution is 2.26. The summed E-state index contributed by atoms with van der Waals surface area (Å²) < 4.78 is 13.8. The van der Waals surface area contributed by atoms with E-state index in [1.54, 1.807) is 12.1 Å². The third-order valence-electron chi connectivity index (χ3n) is 4.40. The van der Waals surface area contributed by atoms with Gasteiger partial charge >= 0.3 is 0 Å². The molecule has 1 heterocycles. The van der Waals surface area contributed by atoms with Crippen molar-refractivity contribution in [3.8, 4) is 0 Å². The smallest absolute Gasteiger partial charge is 0.223 e. The SMILES string of the molecule is CCC(C)(C)NC(=O)C1CCN(c2ccccc2F)CC1. The molecule has 1 aromatic rings. The molecule has 1 aliphatic heterocycles. The maximum atomic E-state index is 13.8. The van der Waals surface area contributed by atoms with Gasteiger partial charge in [-0.05, 0) is 45.2 Å². The molecule has 0 radical (unpaired) electrons. The first kappa shape index (κ1) is 15.8. The lowest BCUT2D eigenvalue weighted by Crippen LogP contribution is -2.48. The summed E-state index contributed by atoms with van der Waals surface area (Å²) in [6, 6.07) is 6.83. The van der Waals surface area contributed by atoms with Gasteiger partial charge in [0.25, 0.3) is 0 Å². The first-order valence-electron chi connectivity index (χ1n) is 7.74. The molecule has 116 valence electrons. The number of carbonyl (C=O) groups excluding carboxylic acids is 1. The molecule has 0 atom stereocenters. The standard InChI is InChI=1S/C17H25FN2O/c1-4-17(2,3)19-16(21)13-9-11-20(12-10-13)15-8-6-5-7-14(15)18/h5-8,13H,4,9-12H2,1-3H3,(H,19,21). The van der Waals surface area contributed by atoms with E-state index in [0.29, 0.717) is 5.69 Å². The number of hydrogen-bond acceptors (Lipinski definition) is 2. The fraction of sp³-hybridized carbons (Fsp3) is 0.588. The number of amides is 1. The summed E-state index contributed by atoms with van der Waals surface area (Å²) in [5.41, 5.74) is 0.491. The highest BCUT2D eigenvalue weighted by Gasteiger charge is 2.28. The molecule has 1 amide bonds. The second-order valence-electron chi connectivity index (χ2n) is 6.44. The minimum Gasteiger partial charge on any atom is -0.369 e. The van der Waals surface area contributed by atoms with Crippen LogP contribution in [0.5, 0.6) is 0 Å². The zero-order chi connectivity index (χ0) is 15.5. The molecule has 0 bridgehead atoms. The molecule has 3 nitrogen and oxygen atoms in total. The van der Waals surface area contributed by atoms with E-state index in [1.807, 2.05) is 24.8 Å². The van der Waals surface area contributed by atoms with Gasteiger partial charge in [0.05, 0.1) is 5.69 Å². The molecule has 4 heteroatoms. The normalized spacial score (nSPS) is 16.9. The van der Waals surface area contributed by atoms with E-state index in [2.05, 4.69) is 12.2 Å². The molecular weight excluding hydrogens is 267 g/mol. The monoisotopic (exact) mass is 292 g/mol. The molecule has 0 aliphatic carbocycles. The van der Waals surface area contributed by atoms with Crippen molar-refractivity contribution in [2.45, 2.75) is 45.6 Å². The Hall–Kier alpha value is -1.58. The van der Waals surface area contributed by atoms with Crippen LogP contribution in [0.15, 0.2) is 24.3 Å². The van der Waals surface area contributed by atoms with Gasteiger partial charge in [0.2, 0.25) is 5.91 Å². The zero-order valence-electron chi connectivity index (χ0n) is 13.2. The molecule has 21 heavy (non-hydrogen) atoms. The Labute approximate surface area is 126 Å². The molecular formula is C17H25FN2O. The van der Waals surface area contributed by atoms with E-state index < -0.39 is 0 Å². The summed E-state index contributed by atoms with van der Waals surface area (Å²) in [6.07, 6.45) is 2.47. The third-order valence-corrected chi connectivity index (χ3v) is 4.40. The van der Waals surface area contributed by atoms with Crippen LogP contribution in [0.4, 0.5) is 10.1 Å². The van der Waals surface area contributed by atoms with Crippen LogP contribution in [0, 0.1) is 11.7 Å². The number of rotatable bonds is 4. The Morgan fingerprint density at radius 2 is 1.95 bits per heavy atom. The zero-order valence-corrected chi connectivity index (χ0v) is 13.2. The van der Waals surface area contributed by atoms with Crippen molar-refractivity contribution in [2.24, 2.45) is 5.92 Å². The lowest BCUT2D eigenvalue weighted by atomic mass is 9.93. The van der Waals surface area contributed by atoms with Crippen LogP contribution < -0.4 is 10.2 Å². The summed E-state index contributed by atoms with van der Waals surface area (Å²) in [5, 5.41) is 3.11. The van der Waals surface area contributed by atoms with Crippen LogP contribution in [0.1, 0.15) is 40.0 Å². The largest absolute Gasteiger partial charge is 0.369 e. The van der Waals surface area contributed by atoms with Crippen molar-refractivity contribution in [1.29, 1.82) is 0 Å². The Morgan fingerprint density at radius 1 is 1.33 bits per heavy atom. The summed E-state index contributed by atoms with van der Waals surface area (Å²) in [5.74, 6) is -0.0126. The fourth-order valence-electron chi connectivity index (χ4n) is 2.61. The van der Waals surface area contributed by atoms with Gasteiger partial charge in [-0.3, -0.25) is 4.79 Å². The first-order chi connectivity index (χ1) is 9.93. The molecule has 0 spiro atoms. The van der Waals surface area contributed by atoms with Crippen LogP contribution in [-0.4, -0.2) is 24.5 Å². The van der Waals surface area contributed by atoms with Crippen molar-refractivity contribution >= 4 is 11.6 Å². The second-order valence-corrected chi connectivity index (χ2v) is 6.44. The first-order valence-corrected chi connectivity index (χ1v) is 7.74. The number of carbonyl (C=O) groups is 1. The van der Waals surface area contributed by atoms with E-state index in [0.717, 1.165) is 32.4 Å². The van der Waals surface area contributed by atoms with Gasteiger partial charge in [-0.1, -0.05) is 19.1 Å². The average Bonchev–Trinajstić information content (AvgIpc) is 2.47. The van der Waals surface area contributed by atoms with E-state index >= 15 is 0 Å². The maximum Gasteiger partial charge on any atom is 0.223 e. The predicted molar refractivity (Wildman–Crippen MR) is 83.8 cm³/mol. The molecule has 1 saturated heterocycles. The van der Waals surface area contributed by atoms with Crippen molar-refractivity contribution in [1.82, 2.24) is 5.32 Å². The molecule has 0 saturated carbocycles. The number of nitrogens with one attached hydrogen (secondary N) is 1. The second kappa shape index (κ2) is 6.46. The third kappa shape index (κ3) is 3.96. The van der Waals surface area contributed by atoms with E-state index in [1.165, 1.54) is 6.07 Å². The van der Waals surface area contributed by atoms with Crippen LogP contribution >= 0.6 is 0 Å². The number of anilines is 1. The number of nitrogens with zero attached hydrogens (tertiary/aromatic N) is 1. The Kier molecular flexibility index (Phi) is 4.86. The van der Waals surface area contributed by atoms with Crippen molar-refractivity contribution in [2.75, 3.05) is 18.0 Å². The van der Waals surface area contributed by atoms with Gasteiger partial charge in [-0.2, -0.15) is 0 Å². The number of hydrogen-bond donors (Lipinski definition) is 1. The van der Waals surface area contributed by atoms with Crippen molar-refractivity contribution in [3.05, 3.63) is 30.1 Å². The molecule has 1 aromatic carbocycles. The van der Waals surface area contributed by atoms with Gasteiger partial charge in [0.15, 0.2) is 0 Å². The van der Waals surface area contributed by atoms with Gasteiger partial charge in [-0.15, -0.1) is 0 Å². The maximum absolute atomic E-state index is 13.8. The Balaban J connectivity index is 1.92. The fourth-order valence-corrected chi connectivity index (χ4v) is 2.61. The summed E-state index contributed by atoms with van der Waals surface area (Å²) in [4.78, 5) is 14.3. The highest BCUT2D eigenvalue weighted by atomic mass is 19.1. The van der Waals surface area contributed by atoms with Gasteiger partial charge in [0, 0.05) is 24.5 Å². The molecule has 1 fully saturated rings. The Bertz CT molecular complexity index is 493. The average molecular weight is 292 g/mol. The van der Waals surface area contributed by atoms with E-state index in [4.69, 9.17) is 0 Å². The summed E-state index contributed by atoms with van der Waals surface area (Å²) >= 11 is 0. The van der Waals surface area contributed by atoms with Gasteiger partial charge in [0.1, 0.15) is 5.82 Å². The van der Waals surface area contributed by atoms with Crippen LogP contribution in [0.25, 0.3) is 0 Å². The molecule has 2 rings (SSSR count). The summed E-state index contributed by atoms with van der Waals surface area (Å²) in [7, 11) is 0. The van der Waals surface area contributed by atoms with Crippen LogP contribution in [0.2, 0.25) is 0 Å². The van der Waals surface area contributed by atoms with Gasteiger partial charge < -0.3 is 10.2 Å². The number of para-hydroxylation sites is 1. The predicted octanol–water partition coefficient (Wildman–Crippen LogP) is 3.35. The minimum absolute atomic E-state index is 0.0406. The van der Waals surface area contributed by atoms with E-state index in [9.17, 15) is 9.18 Å². The van der Waals surface area contributed by atoms with Crippen LogP contribution in [-0.2, 0) is 4.79 Å². The number of benzene rings is 1. The number of piperidine rings is 1. The quantitative estimate of drug-likeness (QED) is 0.923. The topological polar surface area (TPSA) is 32.3 Å². The molecule has 1 N–H and O–H groups in total. The van der Waals surface area contributed by atoms with E-state index in [-0.39, 0.29) is 23.2 Å².